The summed E-state index contributed by atoms with van der Waals surface area (Å²) in [6.45, 7) is 0. The number of hydrogen-bond acceptors (Lipinski definition) is 3. The smallest absolute Gasteiger partial charge is 0.194 e. The van der Waals surface area contributed by atoms with Crippen molar-refractivity contribution in [3.05, 3.63) is 59.4 Å². The lowest BCUT2D eigenvalue weighted by Gasteiger charge is -2.16. The van der Waals surface area contributed by atoms with Gasteiger partial charge in [0.05, 0.1) is 6.04 Å². The van der Waals surface area contributed by atoms with E-state index in [0.717, 1.165) is 12.1 Å². The molecule has 0 radical (unpaired) electrons. The number of benzene rings is 1. The minimum absolute atomic E-state index is 0.267. The lowest BCUT2D eigenvalue weighted by Crippen LogP contribution is -2.18. The van der Waals surface area contributed by atoms with Crippen LogP contribution in [0, 0.1) is 17.5 Å². The molecule has 94 valence electrons. The zero-order valence-corrected chi connectivity index (χ0v) is 9.49. The van der Waals surface area contributed by atoms with Crippen LogP contribution in [0.25, 0.3) is 0 Å². The molecule has 0 saturated carbocycles. The van der Waals surface area contributed by atoms with Crippen LogP contribution in [0.15, 0.2) is 30.9 Å². The summed E-state index contributed by atoms with van der Waals surface area (Å²) in [5.74, 6) is -3.91. The van der Waals surface area contributed by atoms with Crippen LogP contribution >= 0.6 is 0 Å². The molecule has 1 atom stereocenters. The van der Waals surface area contributed by atoms with Gasteiger partial charge in [-0.25, -0.2) is 23.1 Å². The number of nitrogens with one attached hydrogen (secondary N) is 1. The van der Waals surface area contributed by atoms with Gasteiger partial charge in [-0.15, -0.1) is 0 Å². The molecule has 0 aliphatic carbocycles. The summed E-state index contributed by atoms with van der Waals surface area (Å²) in [5, 5.41) is 2.87. The van der Waals surface area contributed by atoms with Crippen molar-refractivity contribution in [2.75, 3.05) is 7.05 Å². The molecule has 0 fully saturated rings. The van der Waals surface area contributed by atoms with E-state index in [-0.39, 0.29) is 5.56 Å². The van der Waals surface area contributed by atoms with Crippen molar-refractivity contribution in [2.45, 2.75) is 6.04 Å². The quantitative estimate of drug-likeness (QED) is 0.852. The van der Waals surface area contributed by atoms with Gasteiger partial charge in [0.15, 0.2) is 17.5 Å². The van der Waals surface area contributed by atoms with Gasteiger partial charge >= 0.3 is 0 Å². The van der Waals surface area contributed by atoms with Crippen molar-refractivity contribution in [1.29, 1.82) is 0 Å². The molecule has 1 N–H and O–H groups in total. The number of nitrogens with zero attached hydrogens (tertiary/aromatic N) is 2. The summed E-state index contributed by atoms with van der Waals surface area (Å²) in [7, 11) is 1.62. The number of rotatable bonds is 3. The lowest BCUT2D eigenvalue weighted by atomic mass is 10.0. The minimum atomic E-state index is -1.47. The lowest BCUT2D eigenvalue weighted by molar-refractivity contribution is 0.443. The van der Waals surface area contributed by atoms with Gasteiger partial charge in [-0.1, -0.05) is 0 Å². The fourth-order valence-electron chi connectivity index (χ4n) is 1.73. The number of aromatic nitrogens is 2. The number of halogens is 3. The maximum absolute atomic E-state index is 13.2. The first kappa shape index (κ1) is 12.5. The molecule has 18 heavy (non-hydrogen) atoms. The van der Waals surface area contributed by atoms with Crippen molar-refractivity contribution >= 4 is 0 Å². The normalized spacial score (nSPS) is 12.4. The molecule has 2 aromatic rings. The van der Waals surface area contributed by atoms with Crippen molar-refractivity contribution < 1.29 is 13.2 Å². The summed E-state index contributed by atoms with van der Waals surface area (Å²) in [4.78, 5) is 7.66. The highest BCUT2D eigenvalue weighted by molar-refractivity contribution is 5.30. The van der Waals surface area contributed by atoms with Gasteiger partial charge in [-0.3, -0.25) is 0 Å². The Labute approximate surface area is 102 Å². The second-order valence-corrected chi connectivity index (χ2v) is 3.69. The Kier molecular flexibility index (Phi) is 3.57. The zero-order valence-electron chi connectivity index (χ0n) is 9.49. The fraction of sp³-hybridized carbons (Fsp3) is 0.167. The van der Waals surface area contributed by atoms with E-state index >= 15 is 0 Å². The highest BCUT2D eigenvalue weighted by atomic mass is 19.2. The van der Waals surface area contributed by atoms with E-state index in [1.165, 1.54) is 18.7 Å². The molecular weight excluding hydrogens is 243 g/mol. The Morgan fingerprint density at radius 1 is 1.00 bits per heavy atom. The van der Waals surface area contributed by atoms with Crippen LogP contribution in [-0.4, -0.2) is 17.0 Å². The van der Waals surface area contributed by atoms with Crippen LogP contribution in [0.1, 0.15) is 17.2 Å². The first-order chi connectivity index (χ1) is 8.63. The van der Waals surface area contributed by atoms with E-state index in [1.807, 2.05) is 0 Å². The summed E-state index contributed by atoms with van der Waals surface area (Å²) in [6, 6.07) is 1.40. The molecule has 3 nitrogen and oxygen atoms in total. The van der Waals surface area contributed by atoms with E-state index in [0.29, 0.717) is 5.56 Å². The third-order valence-corrected chi connectivity index (χ3v) is 2.54. The molecule has 1 aromatic carbocycles. The maximum Gasteiger partial charge on any atom is 0.194 e. The molecule has 0 bridgehead atoms. The summed E-state index contributed by atoms with van der Waals surface area (Å²) in [5.41, 5.74) is 0.897. The molecule has 2 rings (SSSR count). The third kappa shape index (κ3) is 2.33. The highest BCUT2D eigenvalue weighted by Crippen LogP contribution is 2.23. The fourth-order valence-corrected chi connectivity index (χ4v) is 1.73. The largest absolute Gasteiger partial charge is 0.309 e. The molecule has 1 aromatic heterocycles. The van der Waals surface area contributed by atoms with Crippen LogP contribution in [-0.2, 0) is 0 Å². The first-order valence-electron chi connectivity index (χ1n) is 5.20. The Balaban J connectivity index is 2.46. The molecule has 0 aliphatic heterocycles. The van der Waals surface area contributed by atoms with Crippen molar-refractivity contribution in [3.8, 4) is 0 Å². The topological polar surface area (TPSA) is 37.8 Å². The average Bonchev–Trinajstić information content (AvgIpc) is 2.38. The molecular formula is C12H10F3N3. The van der Waals surface area contributed by atoms with E-state index < -0.39 is 23.5 Å². The molecule has 0 saturated heterocycles. The molecule has 0 spiro atoms. The summed E-state index contributed by atoms with van der Waals surface area (Å²) < 4.78 is 39.2. The molecule has 0 aliphatic rings. The minimum Gasteiger partial charge on any atom is -0.309 e. The zero-order chi connectivity index (χ0) is 13.1. The van der Waals surface area contributed by atoms with Gasteiger partial charge in [-0.2, -0.15) is 0 Å². The summed E-state index contributed by atoms with van der Waals surface area (Å²) >= 11 is 0. The Morgan fingerprint density at radius 3 is 2.06 bits per heavy atom. The van der Waals surface area contributed by atoms with Crippen LogP contribution in [0.4, 0.5) is 13.2 Å². The monoisotopic (exact) mass is 253 g/mol. The van der Waals surface area contributed by atoms with Gasteiger partial charge in [0.2, 0.25) is 0 Å². The van der Waals surface area contributed by atoms with Crippen molar-refractivity contribution in [1.82, 2.24) is 15.3 Å². The van der Waals surface area contributed by atoms with Gasteiger partial charge in [0, 0.05) is 18.0 Å². The summed E-state index contributed by atoms with van der Waals surface area (Å²) in [6.07, 6.45) is 4.39. The van der Waals surface area contributed by atoms with Crippen molar-refractivity contribution in [2.24, 2.45) is 0 Å². The molecule has 6 heteroatoms. The first-order valence-corrected chi connectivity index (χ1v) is 5.20. The van der Waals surface area contributed by atoms with Gasteiger partial charge in [-0.05, 0) is 24.7 Å². The SMILES string of the molecule is CNC(c1cncnc1)c1cc(F)c(F)c(F)c1. The van der Waals surface area contributed by atoms with Crippen LogP contribution in [0.5, 0.6) is 0 Å². The second-order valence-electron chi connectivity index (χ2n) is 3.69. The van der Waals surface area contributed by atoms with E-state index in [9.17, 15) is 13.2 Å². The van der Waals surface area contributed by atoms with Gasteiger partial charge < -0.3 is 5.32 Å². The highest BCUT2D eigenvalue weighted by Gasteiger charge is 2.18. The van der Waals surface area contributed by atoms with E-state index in [1.54, 1.807) is 7.05 Å². The maximum atomic E-state index is 13.2. The molecule has 1 heterocycles. The van der Waals surface area contributed by atoms with Gasteiger partial charge in [0.25, 0.3) is 0 Å². The molecule has 1 unspecified atom stereocenters. The molecule has 0 amide bonds. The third-order valence-electron chi connectivity index (χ3n) is 2.54. The Bertz CT molecular complexity index is 523. The Hall–Kier alpha value is -1.95. The van der Waals surface area contributed by atoms with E-state index in [4.69, 9.17) is 0 Å². The number of hydrogen-bond donors (Lipinski definition) is 1. The van der Waals surface area contributed by atoms with Crippen LogP contribution < -0.4 is 5.32 Å². The predicted molar refractivity (Wildman–Crippen MR) is 59.3 cm³/mol. The standard InChI is InChI=1S/C12H10F3N3/c1-16-12(8-4-17-6-18-5-8)7-2-9(13)11(15)10(14)3-7/h2-6,12,16H,1H3. The average molecular weight is 253 g/mol. The van der Waals surface area contributed by atoms with E-state index in [2.05, 4.69) is 15.3 Å². The Morgan fingerprint density at radius 2 is 1.56 bits per heavy atom. The second kappa shape index (κ2) is 5.14. The van der Waals surface area contributed by atoms with Gasteiger partial charge in [0.1, 0.15) is 6.33 Å². The van der Waals surface area contributed by atoms with Crippen LogP contribution in [0.2, 0.25) is 0 Å². The van der Waals surface area contributed by atoms with Crippen molar-refractivity contribution in [3.63, 3.8) is 0 Å². The predicted octanol–water partition coefficient (Wildman–Crippen LogP) is 2.20. The van der Waals surface area contributed by atoms with Crippen LogP contribution in [0.3, 0.4) is 0 Å².